The number of aryl methyl sites for hydroxylation is 1. The molecule has 1 fully saturated rings. The van der Waals surface area contributed by atoms with Crippen molar-refractivity contribution in [1.82, 2.24) is 10.2 Å². The highest BCUT2D eigenvalue weighted by Crippen LogP contribution is 2.38. The summed E-state index contributed by atoms with van der Waals surface area (Å²) >= 11 is 1.96. The fraction of sp³-hybridized carbons (Fsp3) is 0.733. The maximum absolute atomic E-state index is 3.67. The SMILES string of the molecule is CC1(C)CN(C2CCCc3sccc32)CCCN1. The highest BCUT2D eigenvalue weighted by atomic mass is 32.1. The molecule has 1 atom stereocenters. The number of nitrogens with one attached hydrogen (secondary N) is 1. The number of hydrogen-bond donors (Lipinski definition) is 1. The van der Waals surface area contributed by atoms with Crippen molar-refractivity contribution < 1.29 is 0 Å². The molecule has 0 spiro atoms. The molecule has 1 aromatic rings. The Labute approximate surface area is 114 Å². The number of nitrogens with zero attached hydrogens (tertiary/aromatic N) is 1. The Hall–Kier alpha value is -0.380. The molecule has 18 heavy (non-hydrogen) atoms. The molecule has 1 aromatic heterocycles. The molecule has 0 amide bonds. The van der Waals surface area contributed by atoms with Gasteiger partial charge in [-0.3, -0.25) is 4.90 Å². The highest BCUT2D eigenvalue weighted by molar-refractivity contribution is 7.10. The molecule has 3 rings (SSSR count). The molecular weight excluding hydrogens is 240 g/mol. The quantitative estimate of drug-likeness (QED) is 0.838. The number of thiophene rings is 1. The summed E-state index contributed by atoms with van der Waals surface area (Å²) in [6.45, 7) is 8.25. The van der Waals surface area contributed by atoms with Crippen LogP contribution in [-0.2, 0) is 6.42 Å². The summed E-state index contributed by atoms with van der Waals surface area (Å²) in [6.07, 6.45) is 5.29. The zero-order valence-electron chi connectivity index (χ0n) is 11.5. The smallest absolute Gasteiger partial charge is 0.0360 e. The molecule has 2 aliphatic rings. The van der Waals surface area contributed by atoms with Crippen LogP contribution in [-0.4, -0.2) is 30.1 Å². The van der Waals surface area contributed by atoms with Gasteiger partial charge >= 0.3 is 0 Å². The zero-order chi connectivity index (χ0) is 12.6. The molecule has 2 heterocycles. The van der Waals surface area contributed by atoms with Crippen molar-refractivity contribution in [3.05, 3.63) is 21.9 Å². The van der Waals surface area contributed by atoms with Crippen LogP contribution in [0.2, 0.25) is 0 Å². The molecule has 1 aliphatic carbocycles. The Balaban J connectivity index is 1.83. The summed E-state index contributed by atoms with van der Waals surface area (Å²) in [5.74, 6) is 0. The number of hydrogen-bond acceptors (Lipinski definition) is 3. The van der Waals surface area contributed by atoms with E-state index in [2.05, 4.69) is 35.5 Å². The average molecular weight is 264 g/mol. The fourth-order valence-corrected chi connectivity index (χ4v) is 4.44. The van der Waals surface area contributed by atoms with Gasteiger partial charge in [0.05, 0.1) is 0 Å². The molecule has 0 saturated carbocycles. The van der Waals surface area contributed by atoms with E-state index in [1.807, 2.05) is 11.3 Å². The lowest BCUT2D eigenvalue weighted by Crippen LogP contribution is -2.47. The van der Waals surface area contributed by atoms with Gasteiger partial charge in [0.2, 0.25) is 0 Å². The van der Waals surface area contributed by atoms with E-state index in [-0.39, 0.29) is 5.54 Å². The van der Waals surface area contributed by atoms with E-state index in [0.717, 1.165) is 6.54 Å². The van der Waals surface area contributed by atoms with Gasteiger partial charge in [0.15, 0.2) is 0 Å². The van der Waals surface area contributed by atoms with E-state index < -0.39 is 0 Å². The lowest BCUT2D eigenvalue weighted by atomic mass is 9.91. The van der Waals surface area contributed by atoms with Gasteiger partial charge in [-0.15, -0.1) is 11.3 Å². The molecule has 0 aromatic carbocycles. The Kier molecular flexibility index (Phi) is 3.48. The van der Waals surface area contributed by atoms with Crippen LogP contribution in [0, 0.1) is 0 Å². The second-order valence-electron chi connectivity index (χ2n) is 6.34. The van der Waals surface area contributed by atoms with Crippen LogP contribution in [0.25, 0.3) is 0 Å². The minimum Gasteiger partial charge on any atom is -0.310 e. The number of rotatable bonds is 1. The van der Waals surface area contributed by atoms with Gasteiger partial charge in [-0.1, -0.05) is 0 Å². The van der Waals surface area contributed by atoms with E-state index in [4.69, 9.17) is 0 Å². The molecule has 100 valence electrons. The monoisotopic (exact) mass is 264 g/mol. The third kappa shape index (κ3) is 2.49. The standard InChI is InChI=1S/C15H24N2S/c1-15(2)11-17(9-4-8-16-15)13-5-3-6-14-12(13)7-10-18-14/h7,10,13,16H,3-6,8-9,11H2,1-2H3. The zero-order valence-corrected chi connectivity index (χ0v) is 12.4. The second-order valence-corrected chi connectivity index (χ2v) is 7.34. The third-order valence-electron chi connectivity index (χ3n) is 4.29. The normalized spacial score (nSPS) is 28.7. The molecule has 3 heteroatoms. The van der Waals surface area contributed by atoms with Gasteiger partial charge < -0.3 is 5.32 Å². The third-order valence-corrected chi connectivity index (χ3v) is 5.28. The molecule has 1 N–H and O–H groups in total. The van der Waals surface area contributed by atoms with Crippen molar-refractivity contribution in [2.24, 2.45) is 0 Å². The predicted octanol–water partition coefficient (Wildman–Crippen LogP) is 3.20. The summed E-state index contributed by atoms with van der Waals surface area (Å²) < 4.78 is 0. The molecule has 1 aliphatic heterocycles. The summed E-state index contributed by atoms with van der Waals surface area (Å²) in [5, 5.41) is 5.95. The fourth-order valence-electron chi connectivity index (χ4n) is 3.46. The highest BCUT2D eigenvalue weighted by Gasteiger charge is 2.31. The first-order valence-electron chi connectivity index (χ1n) is 7.21. The minimum absolute atomic E-state index is 0.254. The van der Waals surface area contributed by atoms with E-state index >= 15 is 0 Å². The lowest BCUT2D eigenvalue weighted by molar-refractivity contribution is 0.155. The van der Waals surface area contributed by atoms with Gasteiger partial charge in [0.25, 0.3) is 0 Å². The molecule has 0 bridgehead atoms. The van der Waals surface area contributed by atoms with Crippen LogP contribution in [0.1, 0.15) is 49.6 Å². The molecule has 1 saturated heterocycles. The summed E-state index contributed by atoms with van der Waals surface area (Å²) in [7, 11) is 0. The van der Waals surface area contributed by atoms with E-state index in [1.54, 1.807) is 10.4 Å². The largest absolute Gasteiger partial charge is 0.310 e. The van der Waals surface area contributed by atoms with Gasteiger partial charge in [-0.2, -0.15) is 0 Å². The number of fused-ring (bicyclic) bond motifs is 1. The summed E-state index contributed by atoms with van der Waals surface area (Å²) in [6, 6.07) is 3.05. The first kappa shape index (κ1) is 12.6. The van der Waals surface area contributed by atoms with Crippen molar-refractivity contribution >= 4 is 11.3 Å². The molecule has 0 radical (unpaired) electrons. The van der Waals surface area contributed by atoms with E-state index in [1.165, 1.54) is 38.8 Å². The van der Waals surface area contributed by atoms with E-state index in [0.29, 0.717) is 6.04 Å². The second kappa shape index (κ2) is 4.95. The van der Waals surface area contributed by atoms with Crippen LogP contribution in [0.5, 0.6) is 0 Å². The van der Waals surface area contributed by atoms with Crippen LogP contribution in [0.3, 0.4) is 0 Å². The Morgan fingerprint density at radius 1 is 1.39 bits per heavy atom. The van der Waals surface area contributed by atoms with Crippen molar-refractivity contribution in [1.29, 1.82) is 0 Å². The maximum atomic E-state index is 3.67. The van der Waals surface area contributed by atoms with Crippen molar-refractivity contribution in [3.63, 3.8) is 0 Å². The maximum Gasteiger partial charge on any atom is 0.0360 e. The first-order valence-corrected chi connectivity index (χ1v) is 8.09. The van der Waals surface area contributed by atoms with Crippen LogP contribution in [0.4, 0.5) is 0 Å². The Morgan fingerprint density at radius 2 is 2.28 bits per heavy atom. The lowest BCUT2D eigenvalue weighted by Gasteiger charge is -2.37. The summed E-state index contributed by atoms with van der Waals surface area (Å²) in [5.41, 5.74) is 1.88. The van der Waals surface area contributed by atoms with Gasteiger partial charge in [-0.25, -0.2) is 0 Å². The minimum atomic E-state index is 0.254. The van der Waals surface area contributed by atoms with Gasteiger partial charge in [0, 0.05) is 29.5 Å². The topological polar surface area (TPSA) is 15.3 Å². The van der Waals surface area contributed by atoms with Gasteiger partial charge in [-0.05, 0) is 63.1 Å². The van der Waals surface area contributed by atoms with Crippen LogP contribution < -0.4 is 5.32 Å². The van der Waals surface area contributed by atoms with Crippen LogP contribution in [0.15, 0.2) is 11.4 Å². The first-order chi connectivity index (χ1) is 8.66. The van der Waals surface area contributed by atoms with Crippen molar-refractivity contribution in [2.75, 3.05) is 19.6 Å². The average Bonchev–Trinajstić information content (AvgIpc) is 2.73. The van der Waals surface area contributed by atoms with E-state index in [9.17, 15) is 0 Å². The Bertz CT molecular complexity index is 410. The molecular formula is C15H24N2S. The Morgan fingerprint density at radius 3 is 3.17 bits per heavy atom. The van der Waals surface area contributed by atoms with Gasteiger partial charge in [0.1, 0.15) is 0 Å². The molecule has 1 unspecified atom stereocenters. The summed E-state index contributed by atoms with van der Waals surface area (Å²) in [4.78, 5) is 4.37. The van der Waals surface area contributed by atoms with Crippen LogP contribution >= 0.6 is 11.3 Å². The molecule has 2 nitrogen and oxygen atoms in total. The predicted molar refractivity (Wildman–Crippen MR) is 78.3 cm³/mol. The van der Waals surface area contributed by atoms with Crippen molar-refractivity contribution in [3.8, 4) is 0 Å². The van der Waals surface area contributed by atoms with Crippen molar-refractivity contribution in [2.45, 2.75) is 51.1 Å².